The van der Waals surface area contributed by atoms with E-state index in [4.69, 9.17) is 5.73 Å². The van der Waals surface area contributed by atoms with Crippen LogP contribution in [0.15, 0.2) is 12.1 Å². The van der Waals surface area contributed by atoms with Crippen LogP contribution in [0.5, 0.6) is 5.75 Å². The zero-order valence-corrected chi connectivity index (χ0v) is 9.67. The molecule has 1 aromatic carbocycles. The molecule has 4 nitrogen and oxygen atoms in total. The third-order valence-electron chi connectivity index (χ3n) is 2.33. The average Bonchev–Trinajstić information content (AvgIpc) is 2.32. The number of hydrogen-bond acceptors (Lipinski definition) is 3. The van der Waals surface area contributed by atoms with Crippen LogP contribution in [-0.4, -0.2) is 31.5 Å². The van der Waals surface area contributed by atoms with Crippen molar-refractivity contribution in [1.82, 2.24) is 4.90 Å². The topological polar surface area (TPSA) is 55.6 Å². The third-order valence-corrected chi connectivity index (χ3v) is 2.33. The number of carbonyl (C=O) groups is 1. The molecular formula is C11H14F2N2O2. The lowest BCUT2D eigenvalue weighted by Gasteiger charge is -2.17. The normalized spacial score (nSPS) is 10.2. The lowest BCUT2D eigenvalue weighted by Crippen LogP contribution is -2.32. The Balaban J connectivity index is 2.92. The Bertz CT molecular complexity index is 424. The maximum Gasteiger partial charge on any atom is 0.236 e. The van der Waals surface area contributed by atoms with E-state index >= 15 is 0 Å². The number of hydrogen-bond donors (Lipinski definition) is 1. The quantitative estimate of drug-likeness (QED) is 0.855. The van der Waals surface area contributed by atoms with Crippen molar-refractivity contribution in [3.8, 4) is 5.75 Å². The summed E-state index contributed by atoms with van der Waals surface area (Å²) in [7, 11) is 2.72. The zero-order valence-electron chi connectivity index (χ0n) is 9.67. The minimum Gasteiger partial charge on any atom is -0.494 e. The van der Waals surface area contributed by atoms with Crippen LogP contribution in [0.4, 0.5) is 8.78 Å². The van der Waals surface area contributed by atoms with Crippen LogP contribution >= 0.6 is 0 Å². The highest BCUT2D eigenvalue weighted by Gasteiger charge is 2.14. The van der Waals surface area contributed by atoms with E-state index in [0.29, 0.717) is 0 Å². The fourth-order valence-corrected chi connectivity index (χ4v) is 1.35. The van der Waals surface area contributed by atoms with Gasteiger partial charge in [0.05, 0.1) is 13.7 Å². The molecule has 1 aromatic rings. The molecule has 0 aliphatic heterocycles. The molecule has 0 atom stereocenters. The number of ether oxygens (including phenoxy) is 1. The Morgan fingerprint density at radius 2 is 2.06 bits per heavy atom. The van der Waals surface area contributed by atoms with Crippen molar-refractivity contribution in [1.29, 1.82) is 0 Å². The van der Waals surface area contributed by atoms with Gasteiger partial charge in [0.15, 0.2) is 11.6 Å². The molecule has 0 bridgehead atoms. The van der Waals surface area contributed by atoms with E-state index in [1.54, 1.807) is 0 Å². The molecule has 0 saturated carbocycles. The largest absolute Gasteiger partial charge is 0.494 e. The van der Waals surface area contributed by atoms with Crippen LogP contribution in [-0.2, 0) is 11.3 Å². The SMILES string of the molecule is COc1cc(F)c(CN(C)C(=O)CN)cc1F. The van der Waals surface area contributed by atoms with E-state index in [-0.39, 0.29) is 30.3 Å². The molecule has 1 amide bonds. The maximum absolute atomic E-state index is 13.5. The second kappa shape index (κ2) is 5.58. The van der Waals surface area contributed by atoms with Crippen molar-refractivity contribution in [2.24, 2.45) is 5.73 Å². The van der Waals surface area contributed by atoms with Gasteiger partial charge in [-0.05, 0) is 6.07 Å². The Kier molecular flexibility index (Phi) is 4.39. The average molecular weight is 244 g/mol. The number of amides is 1. The van der Waals surface area contributed by atoms with E-state index in [1.807, 2.05) is 0 Å². The molecule has 0 saturated heterocycles. The molecule has 0 radical (unpaired) electrons. The molecule has 17 heavy (non-hydrogen) atoms. The van der Waals surface area contributed by atoms with E-state index in [0.717, 1.165) is 12.1 Å². The van der Waals surface area contributed by atoms with Gasteiger partial charge in [0.25, 0.3) is 0 Å². The highest BCUT2D eigenvalue weighted by Crippen LogP contribution is 2.21. The Labute approximate surface area is 98.0 Å². The van der Waals surface area contributed by atoms with Gasteiger partial charge in [-0.1, -0.05) is 0 Å². The van der Waals surface area contributed by atoms with Crippen LogP contribution in [0, 0.1) is 11.6 Å². The van der Waals surface area contributed by atoms with Gasteiger partial charge in [0, 0.05) is 25.2 Å². The monoisotopic (exact) mass is 244 g/mol. The van der Waals surface area contributed by atoms with Crippen molar-refractivity contribution in [3.63, 3.8) is 0 Å². The van der Waals surface area contributed by atoms with Crippen molar-refractivity contribution in [2.45, 2.75) is 6.54 Å². The smallest absolute Gasteiger partial charge is 0.236 e. The number of nitrogens with two attached hydrogens (primary N) is 1. The first-order chi connectivity index (χ1) is 7.99. The minimum absolute atomic E-state index is 0.0389. The van der Waals surface area contributed by atoms with Gasteiger partial charge < -0.3 is 15.4 Å². The Morgan fingerprint density at radius 3 is 2.59 bits per heavy atom. The van der Waals surface area contributed by atoms with Crippen molar-refractivity contribution in [3.05, 3.63) is 29.3 Å². The number of rotatable bonds is 4. The number of likely N-dealkylation sites (N-methyl/N-ethyl adjacent to an activating group) is 1. The lowest BCUT2D eigenvalue weighted by molar-refractivity contribution is -0.128. The van der Waals surface area contributed by atoms with E-state index < -0.39 is 11.6 Å². The lowest BCUT2D eigenvalue weighted by atomic mass is 10.2. The molecule has 6 heteroatoms. The molecule has 0 unspecified atom stereocenters. The standard InChI is InChI=1S/C11H14F2N2O2/c1-15(11(16)5-14)6-7-3-9(13)10(17-2)4-8(7)12/h3-4H,5-6,14H2,1-2H3. The van der Waals surface area contributed by atoms with Crippen LogP contribution in [0.25, 0.3) is 0 Å². The number of benzene rings is 1. The fraction of sp³-hybridized carbons (Fsp3) is 0.364. The maximum atomic E-state index is 13.5. The molecule has 0 fully saturated rings. The summed E-state index contributed by atoms with van der Waals surface area (Å²) in [6.07, 6.45) is 0. The van der Waals surface area contributed by atoms with Gasteiger partial charge in [-0.3, -0.25) is 4.79 Å². The van der Waals surface area contributed by atoms with Gasteiger partial charge in [-0.2, -0.15) is 0 Å². The van der Waals surface area contributed by atoms with E-state index in [2.05, 4.69) is 4.74 Å². The summed E-state index contributed by atoms with van der Waals surface area (Å²) >= 11 is 0. The highest BCUT2D eigenvalue weighted by molar-refractivity contribution is 5.77. The van der Waals surface area contributed by atoms with Crippen molar-refractivity contribution < 1.29 is 18.3 Å². The molecule has 2 N–H and O–H groups in total. The van der Waals surface area contributed by atoms with Crippen LogP contribution in [0.2, 0.25) is 0 Å². The molecule has 0 aliphatic carbocycles. The fourth-order valence-electron chi connectivity index (χ4n) is 1.35. The Hall–Kier alpha value is -1.69. The first-order valence-corrected chi connectivity index (χ1v) is 4.95. The van der Waals surface area contributed by atoms with Crippen LogP contribution in [0.1, 0.15) is 5.56 Å². The summed E-state index contributed by atoms with van der Waals surface area (Å²) in [4.78, 5) is 12.4. The van der Waals surface area contributed by atoms with Gasteiger partial charge >= 0.3 is 0 Å². The zero-order chi connectivity index (χ0) is 13.0. The summed E-state index contributed by atoms with van der Waals surface area (Å²) in [5, 5.41) is 0. The summed E-state index contributed by atoms with van der Waals surface area (Å²) in [6, 6.07) is 1.96. The van der Waals surface area contributed by atoms with E-state index in [1.165, 1.54) is 19.1 Å². The molecular weight excluding hydrogens is 230 g/mol. The summed E-state index contributed by atoms with van der Waals surface area (Å²) in [6.45, 7) is -0.209. The minimum atomic E-state index is -0.669. The summed E-state index contributed by atoms with van der Waals surface area (Å²) in [5.74, 6) is -1.81. The van der Waals surface area contributed by atoms with Crippen LogP contribution < -0.4 is 10.5 Å². The van der Waals surface area contributed by atoms with Crippen LogP contribution in [0.3, 0.4) is 0 Å². The Morgan fingerprint density at radius 1 is 1.41 bits per heavy atom. The third kappa shape index (κ3) is 3.13. The number of methoxy groups -OCH3 is 1. The molecule has 1 rings (SSSR count). The molecule has 0 heterocycles. The van der Waals surface area contributed by atoms with Crippen molar-refractivity contribution in [2.75, 3.05) is 20.7 Å². The highest BCUT2D eigenvalue weighted by atomic mass is 19.1. The predicted molar refractivity (Wildman–Crippen MR) is 58.4 cm³/mol. The van der Waals surface area contributed by atoms with Gasteiger partial charge in [-0.15, -0.1) is 0 Å². The second-order valence-electron chi connectivity index (χ2n) is 3.53. The second-order valence-corrected chi connectivity index (χ2v) is 3.53. The van der Waals surface area contributed by atoms with E-state index in [9.17, 15) is 13.6 Å². The molecule has 0 spiro atoms. The number of halogens is 2. The summed E-state index contributed by atoms with van der Waals surface area (Å²) < 4.78 is 31.5. The first-order valence-electron chi connectivity index (χ1n) is 4.95. The number of carbonyl (C=O) groups excluding carboxylic acids is 1. The first kappa shape index (κ1) is 13.4. The predicted octanol–water partition coefficient (Wildman–Crippen LogP) is 0.890. The number of nitrogens with zero attached hydrogens (tertiary/aromatic N) is 1. The molecule has 94 valence electrons. The molecule has 0 aromatic heterocycles. The molecule has 0 aliphatic rings. The van der Waals surface area contributed by atoms with Gasteiger partial charge in [0.1, 0.15) is 5.82 Å². The van der Waals surface area contributed by atoms with Gasteiger partial charge in [-0.25, -0.2) is 8.78 Å². The van der Waals surface area contributed by atoms with Crippen molar-refractivity contribution >= 4 is 5.91 Å². The van der Waals surface area contributed by atoms with Gasteiger partial charge in [0.2, 0.25) is 5.91 Å². The summed E-state index contributed by atoms with van der Waals surface area (Å²) in [5.41, 5.74) is 5.24.